The van der Waals surface area contributed by atoms with Gasteiger partial charge in [-0.2, -0.15) is 0 Å². The van der Waals surface area contributed by atoms with Crippen LogP contribution in [0.2, 0.25) is 0 Å². The molecule has 1 rings (SSSR count). The predicted molar refractivity (Wildman–Crippen MR) is 70.5 cm³/mol. The number of aliphatic hydroxyl groups is 1. The number of hydrogen-bond acceptors (Lipinski definition) is 4. The molecule has 0 aliphatic rings. The fourth-order valence-corrected chi connectivity index (χ4v) is 1.83. The van der Waals surface area contributed by atoms with E-state index in [-0.39, 0.29) is 24.5 Å². The first-order valence-corrected chi connectivity index (χ1v) is 6.36. The van der Waals surface area contributed by atoms with Crippen molar-refractivity contribution in [1.29, 1.82) is 0 Å². The van der Waals surface area contributed by atoms with E-state index in [9.17, 15) is 13.6 Å². The summed E-state index contributed by atoms with van der Waals surface area (Å²) in [7, 11) is 0. The van der Waals surface area contributed by atoms with E-state index in [0.29, 0.717) is 12.1 Å². The molecule has 0 bridgehead atoms. The number of aliphatic hydroxyl groups excluding tert-OH is 1. The van der Waals surface area contributed by atoms with Gasteiger partial charge in [0.25, 0.3) is 6.43 Å². The summed E-state index contributed by atoms with van der Waals surface area (Å²) in [6.07, 6.45) is -1.26. The molecule has 7 heteroatoms. The Morgan fingerprint density at radius 1 is 1.45 bits per heavy atom. The third-order valence-electron chi connectivity index (χ3n) is 2.67. The van der Waals surface area contributed by atoms with Crippen molar-refractivity contribution in [1.82, 2.24) is 4.98 Å². The van der Waals surface area contributed by atoms with Crippen molar-refractivity contribution in [3.05, 3.63) is 23.4 Å². The van der Waals surface area contributed by atoms with E-state index < -0.39 is 18.9 Å². The van der Waals surface area contributed by atoms with Gasteiger partial charge in [0.05, 0.1) is 18.7 Å². The van der Waals surface area contributed by atoms with Gasteiger partial charge in [0.1, 0.15) is 5.82 Å². The Morgan fingerprint density at radius 3 is 2.65 bits per heavy atom. The number of halogens is 2. The van der Waals surface area contributed by atoms with Gasteiger partial charge in [-0.05, 0) is 18.6 Å². The Labute approximate surface area is 115 Å². The number of anilines is 1. The lowest BCUT2D eigenvalue weighted by Gasteiger charge is -2.23. The lowest BCUT2D eigenvalue weighted by atomic mass is 10.1. The maximum absolute atomic E-state index is 12.5. The summed E-state index contributed by atoms with van der Waals surface area (Å²) in [4.78, 5) is 16.5. The van der Waals surface area contributed by atoms with Crippen molar-refractivity contribution in [2.45, 2.75) is 26.2 Å². The van der Waals surface area contributed by atoms with E-state index in [1.807, 2.05) is 6.92 Å². The number of carbonyl (C=O) groups is 1. The first-order chi connectivity index (χ1) is 9.47. The Bertz CT molecular complexity index is 455. The zero-order chi connectivity index (χ0) is 15.1. The molecule has 0 saturated carbocycles. The van der Waals surface area contributed by atoms with Gasteiger partial charge >= 0.3 is 5.97 Å². The summed E-state index contributed by atoms with van der Waals surface area (Å²) in [5.74, 6) is -0.977. The molecule has 20 heavy (non-hydrogen) atoms. The summed E-state index contributed by atoms with van der Waals surface area (Å²) >= 11 is 0. The maximum atomic E-state index is 12.5. The van der Waals surface area contributed by atoms with Crippen molar-refractivity contribution in [2.75, 3.05) is 24.6 Å². The summed E-state index contributed by atoms with van der Waals surface area (Å²) in [5.41, 5.74) is 0.551. The first-order valence-electron chi connectivity index (χ1n) is 6.36. The molecular formula is C13H18F2N2O3. The molecule has 112 valence electrons. The fourth-order valence-electron chi connectivity index (χ4n) is 1.83. The summed E-state index contributed by atoms with van der Waals surface area (Å²) in [6.45, 7) is 0.989. The number of pyridine rings is 1. The lowest BCUT2D eigenvalue weighted by molar-refractivity contribution is 0.0696. The minimum Gasteiger partial charge on any atom is -0.478 e. The molecule has 0 aliphatic heterocycles. The molecule has 0 spiro atoms. The summed E-state index contributed by atoms with van der Waals surface area (Å²) in [6, 6.07) is 2.69. The van der Waals surface area contributed by atoms with Crippen molar-refractivity contribution >= 4 is 11.8 Å². The van der Waals surface area contributed by atoms with Gasteiger partial charge in [-0.15, -0.1) is 0 Å². The van der Waals surface area contributed by atoms with Gasteiger partial charge in [0.15, 0.2) is 0 Å². The molecule has 1 aromatic rings. The van der Waals surface area contributed by atoms with Gasteiger partial charge in [-0.1, -0.05) is 13.3 Å². The van der Waals surface area contributed by atoms with Crippen molar-refractivity contribution < 1.29 is 23.8 Å². The molecule has 0 saturated heterocycles. The second-order valence-corrected chi connectivity index (χ2v) is 4.32. The van der Waals surface area contributed by atoms with Gasteiger partial charge in [-0.3, -0.25) is 0 Å². The number of aromatic nitrogens is 1. The number of aromatic carboxylic acids is 1. The van der Waals surface area contributed by atoms with Crippen LogP contribution in [0.25, 0.3) is 0 Å². The molecule has 0 unspecified atom stereocenters. The van der Waals surface area contributed by atoms with Crippen LogP contribution in [0.1, 0.15) is 29.4 Å². The molecule has 1 aromatic heterocycles. The summed E-state index contributed by atoms with van der Waals surface area (Å²) in [5, 5.41) is 18.0. The van der Waals surface area contributed by atoms with Crippen molar-refractivity contribution in [3.63, 3.8) is 0 Å². The van der Waals surface area contributed by atoms with Crippen LogP contribution in [0.5, 0.6) is 0 Å². The topological polar surface area (TPSA) is 73.7 Å². The molecule has 2 N–H and O–H groups in total. The molecule has 0 fully saturated rings. The molecule has 5 nitrogen and oxygen atoms in total. The van der Waals surface area contributed by atoms with E-state index in [4.69, 9.17) is 10.2 Å². The largest absolute Gasteiger partial charge is 0.478 e. The summed E-state index contributed by atoms with van der Waals surface area (Å²) < 4.78 is 25.1. The molecule has 0 aromatic carbocycles. The maximum Gasteiger partial charge on any atom is 0.335 e. The molecule has 0 amide bonds. The average Bonchev–Trinajstić information content (AvgIpc) is 2.37. The highest BCUT2D eigenvalue weighted by Crippen LogP contribution is 2.17. The van der Waals surface area contributed by atoms with Gasteiger partial charge < -0.3 is 15.1 Å². The standard InChI is InChI=1S/C13H18F2N2O3/c1-2-3-10-6-9(13(19)20)7-12(16-10)17(4-5-18)8-11(14)15/h6-7,11,18H,2-5,8H2,1H3,(H,19,20). The number of carboxylic acids is 1. The van der Waals surface area contributed by atoms with E-state index in [1.54, 1.807) is 0 Å². The molecule has 0 radical (unpaired) electrons. The Kier molecular flexibility index (Phi) is 6.30. The van der Waals surface area contributed by atoms with Gasteiger partial charge in [0, 0.05) is 12.2 Å². The van der Waals surface area contributed by atoms with Crippen LogP contribution in [-0.2, 0) is 6.42 Å². The monoisotopic (exact) mass is 288 g/mol. The van der Waals surface area contributed by atoms with Crippen LogP contribution in [0.4, 0.5) is 14.6 Å². The lowest BCUT2D eigenvalue weighted by Crippen LogP contribution is -2.32. The number of aryl methyl sites for hydroxylation is 1. The predicted octanol–water partition coefficient (Wildman–Crippen LogP) is 1.80. The van der Waals surface area contributed by atoms with Crippen LogP contribution in [0.15, 0.2) is 12.1 Å². The van der Waals surface area contributed by atoms with Crippen LogP contribution in [0.3, 0.4) is 0 Å². The number of nitrogens with zero attached hydrogens (tertiary/aromatic N) is 2. The normalized spacial score (nSPS) is 10.8. The fraction of sp³-hybridized carbons (Fsp3) is 0.538. The van der Waals surface area contributed by atoms with E-state index in [2.05, 4.69) is 4.98 Å². The minimum atomic E-state index is -2.59. The zero-order valence-corrected chi connectivity index (χ0v) is 11.2. The Balaban J connectivity index is 3.13. The second-order valence-electron chi connectivity index (χ2n) is 4.32. The SMILES string of the molecule is CCCc1cc(C(=O)O)cc(N(CCO)CC(F)F)n1. The first kappa shape index (κ1) is 16.3. The van der Waals surface area contributed by atoms with E-state index in [1.165, 1.54) is 17.0 Å². The average molecular weight is 288 g/mol. The third kappa shape index (κ3) is 4.73. The van der Waals surface area contributed by atoms with Crippen LogP contribution in [-0.4, -0.2) is 47.3 Å². The van der Waals surface area contributed by atoms with Crippen LogP contribution >= 0.6 is 0 Å². The van der Waals surface area contributed by atoms with Gasteiger partial charge in [-0.25, -0.2) is 18.6 Å². The highest BCUT2D eigenvalue weighted by Gasteiger charge is 2.16. The molecule has 1 heterocycles. The Morgan fingerprint density at radius 2 is 2.15 bits per heavy atom. The number of rotatable bonds is 8. The molecular weight excluding hydrogens is 270 g/mol. The minimum absolute atomic E-state index is 0.00987. The highest BCUT2D eigenvalue weighted by atomic mass is 19.3. The zero-order valence-electron chi connectivity index (χ0n) is 11.2. The quantitative estimate of drug-likeness (QED) is 0.763. The second kappa shape index (κ2) is 7.74. The Hall–Kier alpha value is -1.76. The number of carboxylic acid groups (broad SMARTS) is 1. The molecule has 0 atom stereocenters. The smallest absolute Gasteiger partial charge is 0.335 e. The van der Waals surface area contributed by atoms with Crippen LogP contribution in [0, 0.1) is 0 Å². The van der Waals surface area contributed by atoms with Gasteiger partial charge in [0.2, 0.25) is 0 Å². The van der Waals surface area contributed by atoms with Crippen molar-refractivity contribution in [3.8, 4) is 0 Å². The highest BCUT2D eigenvalue weighted by molar-refractivity contribution is 5.88. The van der Waals surface area contributed by atoms with E-state index >= 15 is 0 Å². The number of hydrogen-bond donors (Lipinski definition) is 2. The third-order valence-corrected chi connectivity index (χ3v) is 2.67. The van der Waals surface area contributed by atoms with E-state index in [0.717, 1.165) is 6.42 Å². The number of alkyl halides is 2. The van der Waals surface area contributed by atoms with Crippen molar-refractivity contribution in [2.24, 2.45) is 0 Å². The molecule has 0 aliphatic carbocycles. The van der Waals surface area contributed by atoms with Crippen LogP contribution < -0.4 is 4.90 Å².